The van der Waals surface area contributed by atoms with Crippen molar-refractivity contribution in [3.8, 4) is 0 Å². The van der Waals surface area contributed by atoms with E-state index < -0.39 is 0 Å². The summed E-state index contributed by atoms with van der Waals surface area (Å²) in [7, 11) is 0. The Balaban J connectivity index is 0. The fraction of sp³-hybridized carbons (Fsp3) is 1.00. The molecule has 76 valence electrons. The molecule has 0 bridgehead atoms. The number of thioether (sulfide) groups is 1. The molecular formula is C11H26S. The Kier molecular flexibility index (Phi) is 17.2. The summed E-state index contributed by atoms with van der Waals surface area (Å²) in [5.74, 6) is 0. The van der Waals surface area contributed by atoms with Crippen molar-refractivity contribution in [2.45, 2.75) is 65.0 Å². The zero-order valence-corrected chi connectivity index (χ0v) is 10.3. The predicted octanol–water partition coefficient (Wildman–Crippen LogP) is 4.73. The lowest BCUT2D eigenvalue weighted by atomic mass is 10.2. The van der Waals surface area contributed by atoms with Crippen molar-refractivity contribution < 1.29 is 0 Å². The Morgan fingerprint density at radius 2 is 1.58 bits per heavy atom. The van der Waals surface area contributed by atoms with E-state index in [0.717, 1.165) is 5.25 Å². The molecule has 0 N–H and O–H groups in total. The summed E-state index contributed by atoms with van der Waals surface area (Å²) in [5, 5.41) is 0.921. The van der Waals surface area contributed by atoms with Crippen LogP contribution in [0.4, 0.5) is 0 Å². The highest BCUT2D eigenvalue weighted by atomic mass is 32.2. The number of hydrogen-bond acceptors (Lipinski definition) is 1. The summed E-state index contributed by atoms with van der Waals surface area (Å²) in [6.07, 6.45) is 8.95. The zero-order valence-electron chi connectivity index (χ0n) is 9.52. The molecule has 0 amide bonds. The molecule has 0 nitrogen and oxygen atoms in total. The molecule has 0 aromatic rings. The fourth-order valence-corrected chi connectivity index (χ4v) is 1.66. The summed E-state index contributed by atoms with van der Waals surface area (Å²) in [4.78, 5) is 0. The van der Waals surface area contributed by atoms with Crippen LogP contribution in [0.3, 0.4) is 0 Å². The smallest absolute Gasteiger partial charge is 0.00416 e. The number of hydrogen-bond donors (Lipinski definition) is 0. The minimum Gasteiger partial charge on any atom is -0.162 e. The maximum Gasteiger partial charge on any atom is 0.00416 e. The van der Waals surface area contributed by atoms with Crippen LogP contribution in [0.1, 0.15) is 59.8 Å². The Morgan fingerprint density at radius 3 is 1.83 bits per heavy atom. The summed E-state index contributed by atoms with van der Waals surface area (Å²) in [6.45, 7) is 8.78. The van der Waals surface area contributed by atoms with E-state index in [1.165, 1.54) is 32.1 Å². The first-order valence-corrected chi connectivity index (χ1v) is 6.58. The Bertz CT molecular complexity index is 58.0. The van der Waals surface area contributed by atoms with Crippen molar-refractivity contribution in [3.05, 3.63) is 0 Å². The van der Waals surface area contributed by atoms with Gasteiger partial charge in [0.1, 0.15) is 0 Å². The third-order valence-corrected chi connectivity index (χ3v) is 2.90. The molecule has 1 unspecified atom stereocenters. The van der Waals surface area contributed by atoms with Gasteiger partial charge in [0, 0.05) is 5.25 Å². The molecule has 0 aliphatic rings. The monoisotopic (exact) mass is 190 g/mol. The molecule has 0 rings (SSSR count). The van der Waals surface area contributed by atoms with Crippen LogP contribution in [-0.2, 0) is 0 Å². The molecule has 0 heterocycles. The lowest BCUT2D eigenvalue weighted by molar-refractivity contribution is 0.671. The summed E-state index contributed by atoms with van der Waals surface area (Å²) in [5.41, 5.74) is 0. The molecule has 0 spiro atoms. The van der Waals surface area contributed by atoms with Crippen LogP contribution in [-0.4, -0.2) is 11.5 Å². The Labute approximate surface area is 83.5 Å². The van der Waals surface area contributed by atoms with Gasteiger partial charge in [0.05, 0.1) is 0 Å². The van der Waals surface area contributed by atoms with Crippen molar-refractivity contribution >= 4 is 11.8 Å². The average molecular weight is 190 g/mol. The normalized spacial score (nSPS) is 11.8. The topological polar surface area (TPSA) is 0 Å². The highest BCUT2D eigenvalue weighted by molar-refractivity contribution is 7.99. The fourth-order valence-electron chi connectivity index (χ4n) is 0.920. The van der Waals surface area contributed by atoms with E-state index >= 15 is 0 Å². The molecule has 12 heavy (non-hydrogen) atoms. The van der Waals surface area contributed by atoms with Crippen LogP contribution in [0.25, 0.3) is 0 Å². The van der Waals surface area contributed by atoms with Gasteiger partial charge in [0.15, 0.2) is 0 Å². The molecule has 1 heteroatoms. The van der Waals surface area contributed by atoms with E-state index in [-0.39, 0.29) is 0 Å². The van der Waals surface area contributed by atoms with Crippen LogP contribution < -0.4 is 0 Å². The maximum atomic E-state index is 2.27. The zero-order chi connectivity index (χ0) is 9.82. The lowest BCUT2D eigenvalue weighted by Crippen LogP contribution is -1.98. The maximum absolute atomic E-state index is 2.27. The van der Waals surface area contributed by atoms with Gasteiger partial charge in [-0.05, 0) is 19.1 Å². The molecular weight excluding hydrogens is 164 g/mol. The summed E-state index contributed by atoms with van der Waals surface area (Å²) < 4.78 is 0. The van der Waals surface area contributed by atoms with E-state index in [0.29, 0.717) is 0 Å². The van der Waals surface area contributed by atoms with Crippen LogP contribution in [0, 0.1) is 0 Å². The third-order valence-electron chi connectivity index (χ3n) is 1.67. The van der Waals surface area contributed by atoms with Crippen LogP contribution in [0.5, 0.6) is 0 Å². The molecule has 0 aromatic carbocycles. The SMILES string of the molecule is CCC.CCCCC(CC)SC. The van der Waals surface area contributed by atoms with Gasteiger partial charge in [-0.15, -0.1) is 0 Å². The first-order valence-electron chi connectivity index (χ1n) is 5.29. The van der Waals surface area contributed by atoms with E-state index in [9.17, 15) is 0 Å². The summed E-state index contributed by atoms with van der Waals surface area (Å²) >= 11 is 2.01. The second-order valence-corrected chi connectivity index (χ2v) is 4.25. The van der Waals surface area contributed by atoms with Gasteiger partial charge in [0.2, 0.25) is 0 Å². The van der Waals surface area contributed by atoms with Crippen molar-refractivity contribution in [2.75, 3.05) is 6.26 Å². The van der Waals surface area contributed by atoms with Crippen LogP contribution in [0.15, 0.2) is 0 Å². The van der Waals surface area contributed by atoms with Gasteiger partial charge in [-0.2, -0.15) is 11.8 Å². The van der Waals surface area contributed by atoms with Crippen molar-refractivity contribution in [2.24, 2.45) is 0 Å². The average Bonchev–Trinajstić information content (AvgIpc) is 2.08. The second-order valence-electron chi connectivity index (χ2n) is 3.12. The highest BCUT2D eigenvalue weighted by Crippen LogP contribution is 2.16. The quantitative estimate of drug-likeness (QED) is 0.603. The standard InChI is InChI=1S/C8H18S.C3H8/c1-4-6-7-8(5-2)9-3;1-3-2/h8H,4-7H2,1-3H3;3H2,1-2H3. The lowest BCUT2D eigenvalue weighted by Gasteiger charge is -2.09. The molecule has 0 radical (unpaired) electrons. The molecule has 0 aliphatic carbocycles. The summed E-state index contributed by atoms with van der Waals surface area (Å²) in [6, 6.07) is 0. The van der Waals surface area contributed by atoms with Crippen molar-refractivity contribution in [1.82, 2.24) is 0 Å². The molecule has 0 saturated heterocycles. The Hall–Kier alpha value is 0.350. The van der Waals surface area contributed by atoms with Crippen LogP contribution >= 0.6 is 11.8 Å². The van der Waals surface area contributed by atoms with Gasteiger partial charge in [0.25, 0.3) is 0 Å². The second kappa shape index (κ2) is 13.9. The molecule has 0 aromatic heterocycles. The van der Waals surface area contributed by atoms with Gasteiger partial charge in [-0.1, -0.05) is 47.0 Å². The first-order chi connectivity index (χ1) is 5.76. The van der Waals surface area contributed by atoms with Crippen molar-refractivity contribution in [3.63, 3.8) is 0 Å². The first kappa shape index (κ1) is 14.9. The third kappa shape index (κ3) is 13.0. The van der Waals surface area contributed by atoms with E-state index in [1.54, 1.807) is 0 Å². The van der Waals surface area contributed by atoms with E-state index in [4.69, 9.17) is 0 Å². The van der Waals surface area contributed by atoms with E-state index in [2.05, 4.69) is 34.0 Å². The molecule has 1 atom stereocenters. The highest BCUT2D eigenvalue weighted by Gasteiger charge is 2.00. The molecule has 0 aliphatic heterocycles. The minimum absolute atomic E-state index is 0.921. The van der Waals surface area contributed by atoms with Gasteiger partial charge in [-0.3, -0.25) is 0 Å². The predicted molar refractivity (Wildman–Crippen MR) is 63.1 cm³/mol. The van der Waals surface area contributed by atoms with Crippen LogP contribution in [0.2, 0.25) is 0 Å². The number of unbranched alkanes of at least 4 members (excludes halogenated alkanes) is 1. The van der Waals surface area contributed by atoms with Gasteiger partial charge in [-0.25, -0.2) is 0 Å². The molecule has 0 saturated carbocycles. The minimum atomic E-state index is 0.921. The van der Waals surface area contributed by atoms with E-state index in [1.807, 2.05) is 11.8 Å². The number of rotatable bonds is 5. The van der Waals surface area contributed by atoms with Crippen molar-refractivity contribution in [1.29, 1.82) is 0 Å². The Morgan fingerprint density at radius 1 is 1.08 bits per heavy atom. The molecule has 0 fully saturated rings. The van der Waals surface area contributed by atoms with Gasteiger partial charge < -0.3 is 0 Å². The van der Waals surface area contributed by atoms with Gasteiger partial charge >= 0.3 is 0 Å². The largest absolute Gasteiger partial charge is 0.162 e.